The molecule has 0 radical (unpaired) electrons. The second kappa shape index (κ2) is 9.16. The predicted octanol–water partition coefficient (Wildman–Crippen LogP) is 3.06. The molecule has 0 fully saturated rings. The van der Waals surface area contributed by atoms with E-state index in [1.165, 1.54) is 5.56 Å². The Hall–Kier alpha value is -3.16. The zero-order chi connectivity index (χ0) is 19.9. The van der Waals surface area contributed by atoms with Crippen LogP contribution in [-0.2, 0) is 13.0 Å². The van der Waals surface area contributed by atoms with Gasteiger partial charge in [0.2, 0.25) is 11.8 Å². The van der Waals surface area contributed by atoms with Gasteiger partial charge in [-0.15, -0.1) is 0 Å². The maximum Gasteiger partial charge on any atom is 0.228 e. The standard InChI is InChI=1S/C20H26N6O2/c1-13(2)18-25-17(28-26-18)9-10-22-20(21-4)23-11-16-12-27-19(24-16)15-7-5-14(3)6-8-15/h5-8,12-13H,9-11H2,1-4H3,(H2,21,22,23). The predicted molar refractivity (Wildman–Crippen MR) is 107 cm³/mol. The van der Waals surface area contributed by atoms with Crippen LogP contribution >= 0.6 is 0 Å². The van der Waals surface area contributed by atoms with E-state index in [4.69, 9.17) is 8.94 Å². The van der Waals surface area contributed by atoms with Crippen LogP contribution in [0.1, 0.15) is 42.7 Å². The lowest BCUT2D eigenvalue weighted by atomic mass is 10.1. The summed E-state index contributed by atoms with van der Waals surface area (Å²) in [7, 11) is 1.72. The van der Waals surface area contributed by atoms with Crippen LogP contribution in [-0.4, -0.2) is 34.7 Å². The molecule has 28 heavy (non-hydrogen) atoms. The normalized spacial score (nSPS) is 11.8. The van der Waals surface area contributed by atoms with Crippen LogP contribution in [0.2, 0.25) is 0 Å². The summed E-state index contributed by atoms with van der Waals surface area (Å²) in [6.07, 6.45) is 2.28. The van der Waals surface area contributed by atoms with Gasteiger partial charge >= 0.3 is 0 Å². The number of hydrogen-bond acceptors (Lipinski definition) is 6. The first-order valence-electron chi connectivity index (χ1n) is 9.33. The number of aryl methyl sites for hydroxylation is 1. The van der Waals surface area contributed by atoms with E-state index < -0.39 is 0 Å². The number of aliphatic imine (C=N–C) groups is 1. The van der Waals surface area contributed by atoms with Crippen molar-refractivity contribution in [3.63, 3.8) is 0 Å². The first kappa shape index (κ1) is 19.6. The van der Waals surface area contributed by atoms with E-state index in [1.807, 2.05) is 38.1 Å². The molecule has 3 aromatic rings. The SMILES string of the molecule is CN=C(NCCc1nc(C(C)C)no1)NCc1coc(-c2ccc(C)cc2)n1. The van der Waals surface area contributed by atoms with E-state index in [-0.39, 0.29) is 5.92 Å². The zero-order valence-corrected chi connectivity index (χ0v) is 16.7. The molecule has 8 heteroatoms. The maximum atomic E-state index is 5.58. The lowest BCUT2D eigenvalue weighted by Crippen LogP contribution is -2.37. The minimum absolute atomic E-state index is 0.257. The highest BCUT2D eigenvalue weighted by Gasteiger charge is 2.10. The smallest absolute Gasteiger partial charge is 0.228 e. The molecule has 0 unspecified atom stereocenters. The Balaban J connectivity index is 1.47. The molecular formula is C20H26N6O2. The van der Waals surface area contributed by atoms with Gasteiger partial charge in [-0.1, -0.05) is 36.7 Å². The van der Waals surface area contributed by atoms with Gasteiger partial charge in [0.05, 0.1) is 12.2 Å². The molecule has 0 aliphatic carbocycles. The van der Waals surface area contributed by atoms with E-state index in [0.29, 0.717) is 37.3 Å². The van der Waals surface area contributed by atoms with Gasteiger partial charge in [-0.2, -0.15) is 4.98 Å². The third-order valence-electron chi connectivity index (χ3n) is 4.14. The molecule has 0 amide bonds. The third kappa shape index (κ3) is 5.18. The van der Waals surface area contributed by atoms with E-state index >= 15 is 0 Å². The fourth-order valence-corrected chi connectivity index (χ4v) is 2.50. The number of oxazole rings is 1. The highest BCUT2D eigenvalue weighted by molar-refractivity contribution is 5.79. The van der Waals surface area contributed by atoms with Crippen LogP contribution < -0.4 is 10.6 Å². The van der Waals surface area contributed by atoms with Gasteiger partial charge < -0.3 is 19.6 Å². The van der Waals surface area contributed by atoms with Crippen molar-refractivity contribution >= 4 is 5.96 Å². The van der Waals surface area contributed by atoms with E-state index in [1.54, 1.807) is 13.3 Å². The minimum atomic E-state index is 0.257. The molecule has 0 atom stereocenters. The third-order valence-corrected chi connectivity index (χ3v) is 4.14. The lowest BCUT2D eigenvalue weighted by molar-refractivity contribution is 0.371. The van der Waals surface area contributed by atoms with Gasteiger partial charge in [-0.05, 0) is 19.1 Å². The molecule has 3 rings (SSSR count). The van der Waals surface area contributed by atoms with Gasteiger partial charge in [0, 0.05) is 31.5 Å². The average Bonchev–Trinajstić information content (AvgIpc) is 3.35. The molecule has 2 N–H and O–H groups in total. The van der Waals surface area contributed by atoms with Crippen molar-refractivity contribution in [2.45, 2.75) is 39.7 Å². The summed E-state index contributed by atoms with van der Waals surface area (Å²) >= 11 is 0. The number of rotatable bonds is 7. The number of hydrogen-bond donors (Lipinski definition) is 2. The van der Waals surface area contributed by atoms with Crippen molar-refractivity contribution in [3.8, 4) is 11.5 Å². The Morgan fingerprint density at radius 3 is 2.61 bits per heavy atom. The number of guanidine groups is 1. The number of benzene rings is 1. The molecule has 8 nitrogen and oxygen atoms in total. The number of nitrogens with zero attached hydrogens (tertiary/aromatic N) is 4. The maximum absolute atomic E-state index is 5.58. The second-order valence-electron chi connectivity index (χ2n) is 6.81. The first-order chi connectivity index (χ1) is 13.5. The van der Waals surface area contributed by atoms with E-state index in [0.717, 1.165) is 17.1 Å². The summed E-state index contributed by atoms with van der Waals surface area (Å²) in [5.41, 5.74) is 2.96. The Morgan fingerprint density at radius 1 is 1.14 bits per heavy atom. The van der Waals surface area contributed by atoms with Crippen LogP contribution in [0, 0.1) is 6.92 Å². The average molecular weight is 382 g/mol. The van der Waals surface area contributed by atoms with E-state index in [2.05, 4.69) is 37.7 Å². The van der Waals surface area contributed by atoms with Crippen molar-refractivity contribution < 1.29 is 8.94 Å². The molecule has 1 aromatic carbocycles. The van der Waals surface area contributed by atoms with Crippen molar-refractivity contribution in [1.82, 2.24) is 25.8 Å². The van der Waals surface area contributed by atoms with Crippen LogP contribution in [0.25, 0.3) is 11.5 Å². The van der Waals surface area contributed by atoms with Crippen LogP contribution in [0.5, 0.6) is 0 Å². The quantitative estimate of drug-likeness (QED) is 0.478. The summed E-state index contributed by atoms with van der Waals surface area (Å²) in [5, 5.41) is 10.4. The molecular weight excluding hydrogens is 356 g/mol. The summed E-state index contributed by atoms with van der Waals surface area (Å²) < 4.78 is 10.8. The first-order valence-corrected chi connectivity index (χ1v) is 9.33. The Bertz CT molecular complexity index is 911. The summed E-state index contributed by atoms with van der Waals surface area (Å²) in [6, 6.07) is 8.08. The van der Waals surface area contributed by atoms with Crippen LogP contribution in [0.3, 0.4) is 0 Å². The Kier molecular flexibility index (Phi) is 6.41. The van der Waals surface area contributed by atoms with Gasteiger partial charge in [-0.25, -0.2) is 4.98 Å². The van der Waals surface area contributed by atoms with Gasteiger partial charge in [0.25, 0.3) is 0 Å². The van der Waals surface area contributed by atoms with Crippen LogP contribution in [0.15, 0.2) is 44.5 Å². The lowest BCUT2D eigenvalue weighted by Gasteiger charge is -2.09. The molecule has 0 aliphatic heterocycles. The fraction of sp³-hybridized carbons (Fsp3) is 0.400. The van der Waals surface area contributed by atoms with Gasteiger partial charge in [0.15, 0.2) is 11.8 Å². The molecule has 2 heterocycles. The molecule has 0 bridgehead atoms. The highest BCUT2D eigenvalue weighted by Crippen LogP contribution is 2.19. The summed E-state index contributed by atoms with van der Waals surface area (Å²) in [4.78, 5) is 13.1. The topological polar surface area (TPSA) is 101 Å². The van der Waals surface area contributed by atoms with Crippen molar-refractivity contribution in [2.75, 3.05) is 13.6 Å². The van der Waals surface area contributed by atoms with E-state index in [9.17, 15) is 0 Å². The Labute approximate surface area is 164 Å². The number of aromatic nitrogens is 3. The molecule has 0 spiro atoms. The second-order valence-corrected chi connectivity index (χ2v) is 6.81. The minimum Gasteiger partial charge on any atom is -0.444 e. The fourth-order valence-electron chi connectivity index (χ4n) is 2.50. The van der Waals surface area contributed by atoms with Crippen molar-refractivity contribution in [2.24, 2.45) is 4.99 Å². The monoisotopic (exact) mass is 382 g/mol. The molecule has 148 valence electrons. The number of nitrogens with one attached hydrogen (secondary N) is 2. The molecule has 0 saturated carbocycles. The largest absolute Gasteiger partial charge is 0.444 e. The molecule has 2 aromatic heterocycles. The van der Waals surface area contributed by atoms with Crippen molar-refractivity contribution in [3.05, 3.63) is 53.5 Å². The van der Waals surface area contributed by atoms with Gasteiger partial charge in [0.1, 0.15) is 6.26 Å². The highest BCUT2D eigenvalue weighted by atomic mass is 16.5. The van der Waals surface area contributed by atoms with Crippen molar-refractivity contribution in [1.29, 1.82) is 0 Å². The summed E-state index contributed by atoms with van der Waals surface area (Å²) in [5.74, 6) is 2.88. The summed E-state index contributed by atoms with van der Waals surface area (Å²) in [6.45, 7) is 7.26. The molecule has 0 aliphatic rings. The van der Waals surface area contributed by atoms with Gasteiger partial charge in [-0.3, -0.25) is 4.99 Å². The Morgan fingerprint density at radius 2 is 1.93 bits per heavy atom. The zero-order valence-electron chi connectivity index (χ0n) is 16.7. The van der Waals surface area contributed by atoms with Crippen LogP contribution in [0.4, 0.5) is 0 Å². The molecule has 0 saturated heterocycles.